The largest absolute Gasteiger partial charge is 1.00 e. The SMILES string of the molecule is OCCOCC[n+]1ccccc1.[Cl-]. The maximum atomic E-state index is 8.43. The Morgan fingerprint density at radius 3 is 2.38 bits per heavy atom. The number of pyridine rings is 1. The van der Waals surface area contributed by atoms with E-state index in [4.69, 9.17) is 9.84 Å². The van der Waals surface area contributed by atoms with Crippen LogP contribution < -0.4 is 17.0 Å². The van der Waals surface area contributed by atoms with Gasteiger partial charge in [0.15, 0.2) is 18.9 Å². The minimum Gasteiger partial charge on any atom is -1.00 e. The molecule has 13 heavy (non-hydrogen) atoms. The summed E-state index contributed by atoms with van der Waals surface area (Å²) in [6.45, 7) is 2.00. The fourth-order valence-corrected chi connectivity index (χ4v) is 0.920. The van der Waals surface area contributed by atoms with Crippen molar-refractivity contribution in [1.29, 1.82) is 0 Å². The molecule has 74 valence electrons. The van der Waals surface area contributed by atoms with Crippen LogP contribution >= 0.6 is 0 Å². The van der Waals surface area contributed by atoms with E-state index < -0.39 is 0 Å². The van der Waals surface area contributed by atoms with Crippen molar-refractivity contribution in [1.82, 2.24) is 0 Å². The van der Waals surface area contributed by atoms with Crippen molar-refractivity contribution in [3.05, 3.63) is 30.6 Å². The first kappa shape index (κ1) is 12.4. The monoisotopic (exact) mass is 203 g/mol. The molecular weight excluding hydrogens is 190 g/mol. The van der Waals surface area contributed by atoms with Crippen LogP contribution in [0.1, 0.15) is 0 Å². The van der Waals surface area contributed by atoms with Crippen LogP contribution in [-0.2, 0) is 11.3 Å². The van der Waals surface area contributed by atoms with Gasteiger partial charge in [0.25, 0.3) is 0 Å². The predicted molar refractivity (Wildman–Crippen MR) is 44.5 cm³/mol. The lowest BCUT2D eigenvalue weighted by atomic mass is 10.5. The summed E-state index contributed by atoms with van der Waals surface area (Å²) in [4.78, 5) is 0. The van der Waals surface area contributed by atoms with E-state index in [1.54, 1.807) is 0 Å². The lowest BCUT2D eigenvalue weighted by molar-refractivity contribution is -0.698. The Balaban J connectivity index is 0.00000144. The molecule has 1 aromatic heterocycles. The summed E-state index contributed by atoms with van der Waals surface area (Å²) in [6.07, 6.45) is 3.98. The molecule has 0 aliphatic rings. The third-order valence-corrected chi connectivity index (χ3v) is 1.51. The Kier molecular flexibility index (Phi) is 7.59. The minimum atomic E-state index is 0. The van der Waals surface area contributed by atoms with Crippen LogP contribution in [0.15, 0.2) is 30.6 Å². The quantitative estimate of drug-likeness (QED) is 0.409. The summed E-state index contributed by atoms with van der Waals surface area (Å²) in [5.41, 5.74) is 0. The van der Waals surface area contributed by atoms with Gasteiger partial charge in [0.05, 0.1) is 13.2 Å². The van der Waals surface area contributed by atoms with E-state index in [0.717, 1.165) is 6.54 Å². The van der Waals surface area contributed by atoms with Gasteiger partial charge in [-0.25, -0.2) is 4.57 Å². The lowest BCUT2D eigenvalue weighted by Crippen LogP contribution is -3.00. The number of hydrogen-bond donors (Lipinski definition) is 1. The van der Waals surface area contributed by atoms with Gasteiger partial charge in [0.2, 0.25) is 0 Å². The highest BCUT2D eigenvalue weighted by molar-refractivity contribution is 4.83. The molecular formula is C9H14ClNO2. The smallest absolute Gasteiger partial charge is 0.171 e. The number of rotatable bonds is 5. The molecule has 0 saturated heterocycles. The molecule has 0 bridgehead atoms. The molecule has 0 aliphatic carbocycles. The molecule has 0 radical (unpaired) electrons. The fourth-order valence-electron chi connectivity index (χ4n) is 0.920. The molecule has 0 fully saturated rings. The van der Waals surface area contributed by atoms with Crippen molar-refractivity contribution in [2.24, 2.45) is 0 Å². The molecule has 0 atom stereocenters. The average Bonchev–Trinajstić information content (AvgIpc) is 2.14. The van der Waals surface area contributed by atoms with E-state index in [2.05, 4.69) is 0 Å². The van der Waals surface area contributed by atoms with Gasteiger partial charge in [-0.15, -0.1) is 0 Å². The Hall–Kier alpha value is -0.640. The average molecular weight is 204 g/mol. The molecule has 1 N–H and O–H groups in total. The highest BCUT2D eigenvalue weighted by Crippen LogP contribution is 1.78. The molecule has 0 amide bonds. The van der Waals surface area contributed by atoms with E-state index >= 15 is 0 Å². The van der Waals surface area contributed by atoms with Crippen LogP contribution in [0, 0.1) is 0 Å². The number of nitrogens with zero attached hydrogens (tertiary/aromatic N) is 1. The van der Waals surface area contributed by atoms with Crippen LogP contribution in [0.25, 0.3) is 0 Å². The zero-order chi connectivity index (χ0) is 8.65. The highest BCUT2D eigenvalue weighted by Gasteiger charge is 1.95. The summed E-state index contributed by atoms with van der Waals surface area (Å²) in [7, 11) is 0. The molecule has 1 rings (SSSR count). The van der Waals surface area contributed by atoms with Crippen LogP contribution in [0.2, 0.25) is 0 Å². The molecule has 0 aliphatic heterocycles. The zero-order valence-electron chi connectivity index (χ0n) is 7.40. The first-order valence-corrected chi connectivity index (χ1v) is 4.06. The minimum absolute atomic E-state index is 0. The molecule has 0 spiro atoms. The number of ether oxygens (including phenoxy) is 1. The zero-order valence-corrected chi connectivity index (χ0v) is 8.15. The van der Waals surface area contributed by atoms with Gasteiger partial charge in [0, 0.05) is 12.1 Å². The molecule has 4 heteroatoms. The van der Waals surface area contributed by atoms with Crippen LogP contribution in [0.3, 0.4) is 0 Å². The predicted octanol–water partition coefficient (Wildman–Crippen LogP) is -3.01. The van der Waals surface area contributed by atoms with Gasteiger partial charge in [-0.05, 0) is 0 Å². The number of halogens is 1. The normalized spacial score (nSPS) is 9.31. The van der Waals surface area contributed by atoms with Crippen molar-refractivity contribution in [3.63, 3.8) is 0 Å². The third kappa shape index (κ3) is 5.58. The second-order valence-electron chi connectivity index (χ2n) is 2.45. The second kappa shape index (κ2) is 7.98. The Labute approximate surface area is 84.4 Å². The van der Waals surface area contributed by atoms with Crippen LogP contribution in [0.5, 0.6) is 0 Å². The number of aliphatic hydroxyl groups is 1. The van der Waals surface area contributed by atoms with E-state index in [-0.39, 0.29) is 19.0 Å². The Bertz CT molecular complexity index is 206. The molecule has 0 aromatic carbocycles. The van der Waals surface area contributed by atoms with E-state index in [1.807, 2.05) is 35.2 Å². The molecule has 1 heterocycles. The first-order valence-electron chi connectivity index (χ1n) is 4.06. The van der Waals surface area contributed by atoms with Gasteiger partial charge < -0.3 is 22.3 Å². The third-order valence-electron chi connectivity index (χ3n) is 1.51. The van der Waals surface area contributed by atoms with Crippen molar-refractivity contribution in [2.45, 2.75) is 6.54 Å². The van der Waals surface area contributed by atoms with Crippen molar-refractivity contribution in [3.8, 4) is 0 Å². The number of aromatic nitrogens is 1. The van der Waals surface area contributed by atoms with Gasteiger partial charge in [0.1, 0.15) is 6.61 Å². The second-order valence-corrected chi connectivity index (χ2v) is 2.45. The standard InChI is InChI=1S/C9H14NO2.ClH/c11-7-9-12-8-6-10-4-2-1-3-5-10;/h1-5,11H,6-9H2;1H/q+1;/p-1. The van der Waals surface area contributed by atoms with Gasteiger partial charge in [-0.1, -0.05) is 6.07 Å². The maximum absolute atomic E-state index is 8.43. The number of aliphatic hydroxyl groups excluding tert-OH is 1. The lowest BCUT2D eigenvalue weighted by Gasteiger charge is -1.97. The van der Waals surface area contributed by atoms with Gasteiger partial charge >= 0.3 is 0 Å². The summed E-state index contributed by atoms with van der Waals surface area (Å²) < 4.78 is 7.15. The molecule has 3 nitrogen and oxygen atoms in total. The topological polar surface area (TPSA) is 33.3 Å². The van der Waals surface area contributed by atoms with Gasteiger partial charge in [-0.3, -0.25) is 0 Å². The summed E-state index contributed by atoms with van der Waals surface area (Å²) in [5.74, 6) is 0. The molecule has 0 saturated carbocycles. The molecule has 0 unspecified atom stereocenters. The summed E-state index contributed by atoms with van der Waals surface area (Å²) >= 11 is 0. The molecule has 1 aromatic rings. The van der Waals surface area contributed by atoms with E-state index in [1.165, 1.54) is 0 Å². The van der Waals surface area contributed by atoms with Crippen LogP contribution in [-0.4, -0.2) is 24.9 Å². The van der Waals surface area contributed by atoms with Crippen LogP contribution in [0.4, 0.5) is 0 Å². The highest BCUT2D eigenvalue weighted by atomic mass is 35.5. The first-order chi connectivity index (χ1) is 5.93. The Morgan fingerprint density at radius 2 is 1.77 bits per heavy atom. The van der Waals surface area contributed by atoms with Gasteiger partial charge in [-0.2, -0.15) is 0 Å². The van der Waals surface area contributed by atoms with Crippen molar-refractivity contribution < 1.29 is 26.8 Å². The summed E-state index contributed by atoms with van der Waals surface area (Å²) in [6, 6.07) is 5.93. The Morgan fingerprint density at radius 1 is 1.08 bits per heavy atom. The van der Waals surface area contributed by atoms with E-state index in [0.29, 0.717) is 13.2 Å². The van der Waals surface area contributed by atoms with Crippen molar-refractivity contribution in [2.75, 3.05) is 19.8 Å². The van der Waals surface area contributed by atoms with Crippen molar-refractivity contribution >= 4 is 0 Å². The van der Waals surface area contributed by atoms with E-state index in [9.17, 15) is 0 Å². The number of hydrogen-bond acceptors (Lipinski definition) is 2. The summed E-state index contributed by atoms with van der Waals surface area (Å²) in [5, 5.41) is 8.43. The fraction of sp³-hybridized carbons (Fsp3) is 0.444. The maximum Gasteiger partial charge on any atom is 0.171 e.